The van der Waals surface area contributed by atoms with E-state index in [1.165, 1.54) is 0 Å². The fourth-order valence-corrected chi connectivity index (χ4v) is 5.12. The number of sulfonamides is 1. The number of Topliss-reactive ketones (excluding diaryl/α,β-unsaturated/α-hetero) is 1. The van der Waals surface area contributed by atoms with Crippen molar-refractivity contribution in [1.82, 2.24) is 4.31 Å². The van der Waals surface area contributed by atoms with Crippen LogP contribution < -0.4 is 0 Å². The van der Waals surface area contributed by atoms with E-state index in [4.69, 9.17) is 0 Å². The minimum Gasteiger partial charge on any atom is -0.295 e. The number of ketones is 1. The number of carbonyl (C=O) groups excluding carboxylic acids is 1. The van der Waals surface area contributed by atoms with E-state index >= 15 is 0 Å². The Hall–Kier alpha value is -1.72. The highest BCUT2D eigenvalue weighted by Crippen LogP contribution is 2.39. The van der Waals surface area contributed by atoms with Gasteiger partial charge in [-0.05, 0) is 56.2 Å². The molecule has 5 heteroatoms. The number of hydrogen-bond acceptors (Lipinski definition) is 3. The molecule has 0 radical (unpaired) electrons. The molecule has 1 saturated heterocycles. The summed E-state index contributed by atoms with van der Waals surface area (Å²) < 4.78 is 27.3. The van der Waals surface area contributed by atoms with Gasteiger partial charge in [0.15, 0.2) is 5.78 Å². The van der Waals surface area contributed by atoms with Crippen molar-refractivity contribution in [3.8, 4) is 0 Å². The topological polar surface area (TPSA) is 54.5 Å². The first-order valence-electron chi connectivity index (χ1n) is 8.23. The van der Waals surface area contributed by atoms with Gasteiger partial charge in [0.25, 0.3) is 0 Å². The molecule has 3 rings (SSSR count). The molecule has 1 fully saturated rings. The largest absolute Gasteiger partial charge is 0.295 e. The Balaban J connectivity index is 1.84. The third-order valence-corrected chi connectivity index (χ3v) is 6.97. The highest BCUT2D eigenvalue weighted by Gasteiger charge is 2.41. The van der Waals surface area contributed by atoms with Crippen molar-refractivity contribution >= 4 is 15.8 Å². The van der Waals surface area contributed by atoms with E-state index < -0.39 is 10.0 Å². The van der Waals surface area contributed by atoms with Crippen molar-refractivity contribution in [1.29, 1.82) is 0 Å². The summed E-state index contributed by atoms with van der Waals surface area (Å²) in [5.74, 6) is 0.410. The summed E-state index contributed by atoms with van der Waals surface area (Å²) in [5.41, 5.74) is 2.82. The Kier molecular flexibility index (Phi) is 4.49. The van der Waals surface area contributed by atoms with Crippen molar-refractivity contribution in [2.75, 3.05) is 13.1 Å². The third-order valence-electron chi connectivity index (χ3n) is 5.13. The number of benzene rings is 1. The predicted molar refractivity (Wildman–Crippen MR) is 94.1 cm³/mol. The van der Waals surface area contributed by atoms with E-state index in [1.807, 2.05) is 25.1 Å². The second-order valence-electron chi connectivity index (χ2n) is 6.86. The van der Waals surface area contributed by atoms with Crippen molar-refractivity contribution in [3.05, 3.63) is 53.6 Å². The maximum atomic E-state index is 12.9. The van der Waals surface area contributed by atoms with E-state index in [2.05, 4.69) is 6.58 Å². The zero-order valence-corrected chi connectivity index (χ0v) is 15.0. The molecule has 2 unspecified atom stereocenters. The Morgan fingerprint density at radius 1 is 1.21 bits per heavy atom. The third kappa shape index (κ3) is 3.10. The minimum absolute atomic E-state index is 0.0836. The minimum atomic E-state index is -3.47. The van der Waals surface area contributed by atoms with Gasteiger partial charge in [0.05, 0.1) is 4.90 Å². The van der Waals surface area contributed by atoms with Gasteiger partial charge in [-0.3, -0.25) is 4.79 Å². The van der Waals surface area contributed by atoms with Gasteiger partial charge < -0.3 is 0 Å². The van der Waals surface area contributed by atoms with Crippen LogP contribution in [-0.4, -0.2) is 31.6 Å². The molecule has 24 heavy (non-hydrogen) atoms. The SMILES string of the molecule is C=C1CC(C(C)=O)=CCC2CN(S(=O)(=O)c3ccc(C)cc3)CC12. The molecule has 0 bridgehead atoms. The molecule has 1 aromatic rings. The van der Waals surface area contributed by atoms with Gasteiger partial charge in [0.2, 0.25) is 10.0 Å². The lowest BCUT2D eigenvalue weighted by molar-refractivity contribution is -0.113. The van der Waals surface area contributed by atoms with Gasteiger partial charge in [-0.15, -0.1) is 0 Å². The van der Waals surface area contributed by atoms with Crippen LogP contribution in [0.4, 0.5) is 0 Å². The average Bonchev–Trinajstić information content (AvgIpc) is 2.90. The highest BCUT2D eigenvalue weighted by molar-refractivity contribution is 7.89. The first kappa shape index (κ1) is 17.1. The Bertz CT molecular complexity index is 806. The first-order valence-corrected chi connectivity index (χ1v) is 9.67. The maximum absolute atomic E-state index is 12.9. The van der Waals surface area contributed by atoms with Gasteiger partial charge in [-0.25, -0.2) is 8.42 Å². The van der Waals surface area contributed by atoms with Crippen LogP contribution in [0.5, 0.6) is 0 Å². The van der Waals surface area contributed by atoms with Gasteiger partial charge in [0, 0.05) is 13.1 Å². The quantitative estimate of drug-likeness (QED) is 0.791. The second kappa shape index (κ2) is 6.30. The molecule has 0 amide bonds. The summed E-state index contributed by atoms with van der Waals surface area (Å²) in [6.45, 7) is 8.60. The van der Waals surface area contributed by atoms with Gasteiger partial charge >= 0.3 is 0 Å². The number of allylic oxidation sites excluding steroid dienone is 2. The fourth-order valence-electron chi connectivity index (χ4n) is 3.60. The van der Waals surface area contributed by atoms with Crippen molar-refractivity contribution in [3.63, 3.8) is 0 Å². The molecule has 0 aromatic heterocycles. The first-order chi connectivity index (χ1) is 11.3. The molecular formula is C19H23NO3S. The maximum Gasteiger partial charge on any atom is 0.243 e. The lowest BCUT2D eigenvalue weighted by Crippen LogP contribution is -2.29. The summed E-state index contributed by atoms with van der Waals surface area (Å²) in [7, 11) is -3.47. The molecule has 1 aliphatic carbocycles. The van der Waals surface area contributed by atoms with Crippen LogP contribution in [0.15, 0.2) is 53.0 Å². The fraction of sp³-hybridized carbons (Fsp3) is 0.421. The van der Waals surface area contributed by atoms with E-state index in [9.17, 15) is 13.2 Å². The molecule has 2 atom stereocenters. The highest BCUT2D eigenvalue weighted by atomic mass is 32.2. The van der Waals surface area contributed by atoms with Gasteiger partial charge in [0.1, 0.15) is 0 Å². The zero-order chi connectivity index (χ0) is 17.5. The number of rotatable bonds is 3. The number of fused-ring (bicyclic) bond motifs is 1. The summed E-state index contributed by atoms with van der Waals surface area (Å²) >= 11 is 0. The summed E-state index contributed by atoms with van der Waals surface area (Å²) in [6, 6.07) is 6.98. The Morgan fingerprint density at radius 3 is 2.50 bits per heavy atom. The number of nitrogens with zero attached hydrogens (tertiary/aromatic N) is 1. The van der Waals surface area contributed by atoms with Crippen LogP contribution in [-0.2, 0) is 14.8 Å². The van der Waals surface area contributed by atoms with Crippen molar-refractivity contribution in [2.45, 2.75) is 31.6 Å². The normalized spacial score (nSPS) is 25.1. The number of aryl methyl sites for hydroxylation is 1. The molecule has 1 aliphatic heterocycles. The molecule has 4 nitrogen and oxygen atoms in total. The van der Waals surface area contributed by atoms with Crippen molar-refractivity contribution < 1.29 is 13.2 Å². The molecule has 0 N–H and O–H groups in total. The smallest absolute Gasteiger partial charge is 0.243 e. The average molecular weight is 345 g/mol. The molecule has 0 saturated carbocycles. The molecule has 1 aromatic carbocycles. The lowest BCUT2D eigenvalue weighted by atomic mass is 9.88. The van der Waals surface area contributed by atoms with Crippen molar-refractivity contribution in [2.24, 2.45) is 11.8 Å². The number of hydrogen-bond donors (Lipinski definition) is 0. The zero-order valence-electron chi connectivity index (χ0n) is 14.2. The Labute approximate surface area is 143 Å². The van der Waals surface area contributed by atoms with Crippen LogP contribution in [0, 0.1) is 18.8 Å². The summed E-state index contributed by atoms with van der Waals surface area (Å²) in [5, 5.41) is 0. The molecule has 1 heterocycles. The van der Waals surface area contributed by atoms with Gasteiger partial charge in [-0.1, -0.05) is 35.9 Å². The monoisotopic (exact) mass is 345 g/mol. The molecular weight excluding hydrogens is 322 g/mol. The second-order valence-corrected chi connectivity index (χ2v) is 8.80. The Morgan fingerprint density at radius 2 is 1.88 bits per heavy atom. The van der Waals surface area contributed by atoms with Crippen LogP contribution in [0.3, 0.4) is 0 Å². The standard InChI is InChI=1S/C19H23NO3S/c1-13-4-8-18(9-5-13)24(22,23)20-11-17-7-6-16(15(3)21)10-14(2)19(17)12-20/h4-6,8-9,17,19H,2,7,10-12H2,1,3H3. The van der Waals surface area contributed by atoms with Crippen LogP contribution >= 0.6 is 0 Å². The van der Waals surface area contributed by atoms with Gasteiger partial charge in [-0.2, -0.15) is 4.31 Å². The summed E-state index contributed by atoms with van der Waals surface area (Å²) in [4.78, 5) is 12.0. The van der Waals surface area contributed by atoms with E-state index in [0.29, 0.717) is 24.4 Å². The van der Waals surface area contributed by atoms with E-state index in [-0.39, 0.29) is 17.6 Å². The van der Waals surface area contributed by atoms with Crippen LogP contribution in [0.2, 0.25) is 0 Å². The van der Waals surface area contributed by atoms with Crippen LogP contribution in [0.1, 0.15) is 25.3 Å². The van der Waals surface area contributed by atoms with E-state index in [0.717, 1.165) is 23.1 Å². The predicted octanol–water partition coefficient (Wildman–Crippen LogP) is 3.10. The van der Waals surface area contributed by atoms with Crippen LogP contribution in [0.25, 0.3) is 0 Å². The van der Waals surface area contributed by atoms with E-state index in [1.54, 1.807) is 23.4 Å². The molecule has 128 valence electrons. The lowest BCUT2D eigenvalue weighted by Gasteiger charge is -2.18. The summed E-state index contributed by atoms with van der Waals surface area (Å²) in [6.07, 6.45) is 3.27. The molecule has 2 aliphatic rings. The number of carbonyl (C=O) groups is 1. The molecule has 0 spiro atoms.